The third-order valence-corrected chi connectivity index (χ3v) is 3.96. The maximum atomic E-state index is 5.86. The molecule has 2 aromatic carbocycles. The predicted octanol–water partition coefficient (Wildman–Crippen LogP) is 3.69. The van der Waals surface area contributed by atoms with Gasteiger partial charge in [0.15, 0.2) is 0 Å². The molecule has 23 heavy (non-hydrogen) atoms. The van der Waals surface area contributed by atoms with E-state index in [0.29, 0.717) is 6.54 Å². The maximum Gasteiger partial charge on any atom is 0.105 e. The van der Waals surface area contributed by atoms with Crippen LogP contribution < -0.4 is 5.73 Å². The summed E-state index contributed by atoms with van der Waals surface area (Å²) in [6.45, 7) is 7.00. The average Bonchev–Trinajstić information content (AvgIpc) is 2.99. The monoisotopic (exact) mass is 306 g/mol. The van der Waals surface area contributed by atoms with E-state index in [1.54, 1.807) is 0 Å². The first-order chi connectivity index (χ1) is 11.0. The van der Waals surface area contributed by atoms with E-state index in [2.05, 4.69) is 55.3 Å². The van der Waals surface area contributed by atoms with Crippen molar-refractivity contribution in [3.8, 4) is 16.9 Å². The summed E-state index contributed by atoms with van der Waals surface area (Å²) < 4.78 is 1.86. The van der Waals surface area contributed by atoms with Gasteiger partial charge in [0.2, 0.25) is 0 Å². The van der Waals surface area contributed by atoms with Gasteiger partial charge in [0.05, 0.1) is 11.4 Å². The molecule has 0 aliphatic rings. The molecule has 3 rings (SSSR count). The molecular formula is C19H22N4. The minimum Gasteiger partial charge on any atom is -0.325 e. The van der Waals surface area contributed by atoms with Gasteiger partial charge in [-0.3, -0.25) is 0 Å². The molecule has 1 aromatic heterocycles. The van der Waals surface area contributed by atoms with Crippen molar-refractivity contribution in [2.45, 2.75) is 32.7 Å². The first-order valence-electron chi connectivity index (χ1n) is 7.81. The molecule has 0 saturated heterocycles. The minimum absolute atomic E-state index is 0.132. The van der Waals surface area contributed by atoms with Crippen LogP contribution in [0.25, 0.3) is 16.9 Å². The summed E-state index contributed by atoms with van der Waals surface area (Å²) in [5.41, 5.74) is 11.1. The molecule has 0 spiro atoms. The Labute approximate surface area is 137 Å². The summed E-state index contributed by atoms with van der Waals surface area (Å²) >= 11 is 0. The SMILES string of the molecule is CC(C)(C)c1ccc(-c2c(CN)nnn2-c2ccccc2)cc1. The fraction of sp³-hybridized carbons (Fsp3) is 0.263. The highest BCUT2D eigenvalue weighted by Crippen LogP contribution is 2.28. The number of hydrogen-bond acceptors (Lipinski definition) is 3. The van der Waals surface area contributed by atoms with Crippen molar-refractivity contribution in [3.63, 3.8) is 0 Å². The zero-order valence-corrected chi connectivity index (χ0v) is 13.8. The van der Waals surface area contributed by atoms with E-state index >= 15 is 0 Å². The van der Waals surface area contributed by atoms with Gasteiger partial charge in [0.1, 0.15) is 5.69 Å². The Morgan fingerprint density at radius 2 is 1.61 bits per heavy atom. The fourth-order valence-electron chi connectivity index (χ4n) is 2.62. The molecule has 0 unspecified atom stereocenters. The molecule has 0 amide bonds. The topological polar surface area (TPSA) is 56.7 Å². The summed E-state index contributed by atoms with van der Waals surface area (Å²) in [5.74, 6) is 0. The molecule has 0 aliphatic carbocycles. The van der Waals surface area contributed by atoms with Gasteiger partial charge < -0.3 is 5.73 Å². The molecule has 0 atom stereocenters. The summed E-state index contributed by atoms with van der Waals surface area (Å²) in [6, 6.07) is 18.6. The van der Waals surface area contributed by atoms with Crippen molar-refractivity contribution < 1.29 is 0 Å². The van der Waals surface area contributed by atoms with Crippen LogP contribution in [0.1, 0.15) is 32.0 Å². The van der Waals surface area contributed by atoms with Crippen molar-refractivity contribution in [1.29, 1.82) is 0 Å². The zero-order chi connectivity index (χ0) is 16.4. The van der Waals surface area contributed by atoms with E-state index in [4.69, 9.17) is 5.73 Å². The number of rotatable bonds is 3. The number of aromatic nitrogens is 3. The standard InChI is InChI=1S/C19H22N4/c1-19(2,3)15-11-9-14(10-12-15)18-17(13-20)21-22-23(18)16-7-5-4-6-8-16/h4-12H,13,20H2,1-3H3. The number of hydrogen-bond donors (Lipinski definition) is 1. The largest absolute Gasteiger partial charge is 0.325 e. The molecule has 0 radical (unpaired) electrons. The Morgan fingerprint density at radius 3 is 2.17 bits per heavy atom. The van der Waals surface area contributed by atoms with Crippen LogP contribution >= 0.6 is 0 Å². The van der Waals surface area contributed by atoms with E-state index in [-0.39, 0.29) is 5.41 Å². The third-order valence-electron chi connectivity index (χ3n) is 3.96. The first kappa shape index (κ1) is 15.4. The molecule has 0 aliphatic heterocycles. The normalized spacial score (nSPS) is 11.7. The molecule has 0 saturated carbocycles. The molecule has 0 bridgehead atoms. The third kappa shape index (κ3) is 3.03. The van der Waals surface area contributed by atoms with Crippen LogP contribution in [0.4, 0.5) is 0 Å². The van der Waals surface area contributed by atoms with Gasteiger partial charge in [0, 0.05) is 12.1 Å². The second kappa shape index (κ2) is 5.97. The maximum absolute atomic E-state index is 5.86. The van der Waals surface area contributed by atoms with E-state index in [9.17, 15) is 0 Å². The molecule has 2 N–H and O–H groups in total. The van der Waals surface area contributed by atoms with Gasteiger partial charge in [-0.05, 0) is 23.1 Å². The first-order valence-corrected chi connectivity index (χ1v) is 7.81. The Morgan fingerprint density at radius 1 is 0.957 bits per heavy atom. The van der Waals surface area contributed by atoms with Crippen LogP contribution in [0.5, 0.6) is 0 Å². The highest BCUT2D eigenvalue weighted by molar-refractivity contribution is 5.64. The Hall–Kier alpha value is -2.46. The molecule has 0 fully saturated rings. The number of benzene rings is 2. The van der Waals surface area contributed by atoms with E-state index < -0.39 is 0 Å². The van der Waals surface area contributed by atoms with Crippen molar-refractivity contribution >= 4 is 0 Å². The van der Waals surface area contributed by atoms with Gasteiger partial charge in [0.25, 0.3) is 0 Å². The minimum atomic E-state index is 0.132. The summed E-state index contributed by atoms with van der Waals surface area (Å²) in [7, 11) is 0. The van der Waals surface area contributed by atoms with Crippen LogP contribution in [0, 0.1) is 0 Å². The molecule has 4 heteroatoms. The zero-order valence-electron chi connectivity index (χ0n) is 13.8. The second-order valence-corrected chi connectivity index (χ2v) is 6.66. The van der Waals surface area contributed by atoms with E-state index in [0.717, 1.165) is 22.6 Å². The lowest BCUT2D eigenvalue weighted by molar-refractivity contribution is 0.590. The Kier molecular flexibility index (Phi) is 4.01. The van der Waals surface area contributed by atoms with Crippen LogP contribution in [0.3, 0.4) is 0 Å². The summed E-state index contributed by atoms with van der Waals surface area (Å²) in [4.78, 5) is 0. The molecule has 118 valence electrons. The van der Waals surface area contributed by atoms with Crippen LogP contribution in [0.2, 0.25) is 0 Å². The number of nitrogens with zero attached hydrogens (tertiary/aromatic N) is 3. The second-order valence-electron chi connectivity index (χ2n) is 6.66. The lowest BCUT2D eigenvalue weighted by Crippen LogP contribution is -2.10. The lowest BCUT2D eigenvalue weighted by atomic mass is 9.86. The van der Waals surface area contributed by atoms with Gasteiger partial charge in [-0.1, -0.05) is 68.4 Å². The van der Waals surface area contributed by atoms with Crippen LogP contribution in [0.15, 0.2) is 54.6 Å². The smallest absolute Gasteiger partial charge is 0.105 e. The molecular weight excluding hydrogens is 284 g/mol. The Balaban J connectivity index is 2.10. The highest BCUT2D eigenvalue weighted by Gasteiger charge is 2.17. The lowest BCUT2D eigenvalue weighted by Gasteiger charge is -2.19. The average molecular weight is 306 g/mol. The van der Waals surface area contributed by atoms with E-state index in [1.165, 1.54) is 5.56 Å². The quantitative estimate of drug-likeness (QED) is 0.803. The van der Waals surface area contributed by atoms with Crippen LogP contribution in [-0.4, -0.2) is 15.0 Å². The number of para-hydroxylation sites is 1. The van der Waals surface area contributed by atoms with Gasteiger partial charge in [-0.15, -0.1) is 5.10 Å². The van der Waals surface area contributed by atoms with Crippen molar-refractivity contribution in [1.82, 2.24) is 15.0 Å². The van der Waals surface area contributed by atoms with Crippen molar-refractivity contribution in [2.24, 2.45) is 5.73 Å². The molecule has 1 heterocycles. The molecule has 4 nitrogen and oxygen atoms in total. The number of nitrogens with two attached hydrogens (primary N) is 1. The van der Waals surface area contributed by atoms with Gasteiger partial charge in [-0.25, -0.2) is 4.68 Å². The predicted molar refractivity (Wildman–Crippen MR) is 93.4 cm³/mol. The van der Waals surface area contributed by atoms with Crippen molar-refractivity contribution in [2.75, 3.05) is 0 Å². The van der Waals surface area contributed by atoms with E-state index in [1.807, 2.05) is 35.0 Å². The van der Waals surface area contributed by atoms with Crippen LogP contribution in [-0.2, 0) is 12.0 Å². The van der Waals surface area contributed by atoms with Gasteiger partial charge in [-0.2, -0.15) is 0 Å². The summed E-state index contributed by atoms with van der Waals surface area (Å²) in [6.07, 6.45) is 0. The fourth-order valence-corrected chi connectivity index (χ4v) is 2.62. The Bertz CT molecular complexity index is 780. The molecule has 3 aromatic rings. The highest BCUT2D eigenvalue weighted by atomic mass is 15.4. The summed E-state index contributed by atoms with van der Waals surface area (Å²) in [5, 5.41) is 8.54. The van der Waals surface area contributed by atoms with Crippen molar-refractivity contribution in [3.05, 3.63) is 65.9 Å². The van der Waals surface area contributed by atoms with Gasteiger partial charge >= 0.3 is 0 Å².